The molecule has 0 saturated heterocycles. The molecule has 0 saturated carbocycles. The van der Waals surface area contributed by atoms with E-state index in [0.29, 0.717) is 12.0 Å². The summed E-state index contributed by atoms with van der Waals surface area (Å²) in [5.41, 5.74) is 0.555. The number of methoxy groups -OCH3 is 1. The first kappa shape index (κ1) is 15.9. The smallest absolute Gasteiger partial charge is 0.342 e. The topological polar surface area (TPSA) is 102 Å². The molecule has 7 heteroatoms. The Morgan fingerprint density at radius 1 is 1.25 bits per heavy atom. The van der Waals surface area contributed by atoms with E-state index in [2.05, 4.69) is 0 Å². The van der Waals surface area contributed by atoms with Crippen LogP contribution in [-0.2, 0) is 16.0 Å². The second-order valence-electron chi connectivity index (χ2n) is 5.62. The van der Waals surface area contributed by atoms with Gasteiger partial charge in [-0.05, 0) is 18.6 Å². The van der Waals surface area contributed by atoms with E-state index in [1.165, 1.54) is 20.1 Å². The summed E-state index contributed by atoms with van der Waals surface area (Å²) in [4.78, 5) is 23.5. The van der Waals surface area contributed by atoms with Gasteiger partial charge in [0.2, 0.25) is 0 Å². The molecule has 2 N–H and O–H groups in total. The molecule has 1 heterocycles. The second kappa shape index (κ2) is 5.59. The quantitative estimate of drug-likeness (QED) is 0.642. The maximum absolute atomic E-state index is 12.1. The summed E-state index contributed by atoms with van der Waals surface area (Å²) in [5.74, 6) is -1.81. The lowest BCUT2D eigenvalue weighted by Gasteiger charge is -2.24. The zero-order valence-electron chi connectivity index (χ0n) is 13.4. The predicted octanol–water partition coefficient (Wildman–Crippen LogP) is 2.29. The van der Waals surface area contributed by atoms with Gasteiger partial charge in [-0.25, -0.2) is 4.79 Å². The molecule has 0 unspecified atom stereocenters. The van der Waals surface area contributed by atoms with Crippen molar-refractivity contribution in [3.05, 3.63) is 23.3 Å². The number of cyclic esters (lactones) is 1. The highest BCUT2D eigenvalue weighted by Crippen LogP contribution is 2.47. The molecule has 126 valence electrons. The molecule has 24 heavy (non-hydrogen) atoms. The molecule has 1 aliphatic rings. The first-order valence-electron chi connectivity index (χ1n) is 7.31. The monoisotopic (exact) mass is 332 g/mol. The fraction of sp³-hybridized carbons (Fsp3) is 0.294. The minimum atomic E-state index is -0.660. The molecule has 0 aliphatic carbocycles. The Kier molecular flexibility index (Phi) is 3.71. The summed E-state index contributed by atoms with van der Waals surface area (Å²) in [6, 6.07) is 2.86. The summed E-state index contributed by atoms with van der Waals surface area (Å²) in [5, 5.41) is 21.2. The number of esters is 2. The zero-order chi connectivity index (χ0) is 17.6. The van der Waals surface area contributed by atoms with Crippen molar-refractivity contribution < 1.29 is 34.0 Å². The Labute approximate surface area is 137 Å². The van der Waals surface area contributed by atoms with E-state index in [1.807, 2.05) is 0 Å². The van der Waals surface area contributed by atoms with Crippen LogP contribution in [0.1, 0.15) is 29.8 Å². The van der Waals surface area contributed by atoms with Crippen molar-refractivity contribution in [3.8, 4) is 23.0 Å². The molecular formula is C17H16O7. The molecule has 0 spiro atoms. The van der Waals surface area contributed by atoms with E-state index in [4.69, 9.17) is 14.2 Å². The van der Waals surface area contributed by atoms with E-state index in [9.17, 15) is 19.8 Å². The lowest BCUT2D eigenvalue weighted by Crippen LogP contribution is -2.25. The third-order valence-electron chi connectivity index (χ3n) is 3.87. The molecule has 0 aromatic heterocycles. The Morgan fingerprint density at radius 3 is 2.58 bits per heavy atom. The van der Waals surface area contributed by atoms with Crippen molar-refractivity contribution >= 4 is 22.7 Å². The molecule has 2 aromatic rings. The van der Waals surface area contributed by atoms with E-state index >= 15 is 0 Å². The number of phenolic OH excluding ortho intramolecular Hbond substituents is 2. The van der Waals surface area contributed by atoms with E-state index < -0.39 is 17.7 Å². The molecule has 2 aromatic carbocycles. The maximum Gasteiger partial charge on any atom is 0.342 e. The summed E-state index contributed by atoms with van der Waals surface area (Å²) < 4.78 is 15.3. The van der Waals surface area contributed by atoms with Crippen LogP contribution in [0, 0.1) is 0 Å². The summed E-state index contributed by atoms with van der Waals surface area (Å²) in [6.07, 6.45) is 0.0481. The van der Waals surface area contributed by atoms with Crippen molar-refractivity contribution in [2.45, 2.75) is 26.4 Å². The zero-order valence-corrected chi connectivity index (χ0v) is 13.4. The first-order chi connectivity index (χ1) is 11.3. The van der Waals surface area contributed by atoms with Crippen LogP contribution in [0.4, 0.5) is 0 Å². The van der Waals surface area contributed by atoms with Crippen molar-refractivity contribution in [2.75, 3.05) is 7.11 Å². The molecule has 0 bridgehead atoms. The molecule has 3 rings (SSSR count). The molecule has 1 aliphatic heterocycles. The highest BCUT2D eigenvalue weighted by atomic mass is 16.5. The van der Waals surface area contributed by atoms with Gasteiger partial charge in [-0.2, -0.15) is 0 Å². The van der Waals surface area contributed by atoms with Crippen LogP contribution in [0.15, 0.2) is 12.1 Å². The number of hydrogen-bond donors (Lipinski definition) is 2. The summed E-state index contributed by atoms with van der Waals surface area (Å²) in [6.45, 7) is 2.94. The number of hydrogen-bond acceptors (Lipinski definition) is 7. The van der Waals surface area contributed by atoms with Crippen LogP contribution in [-0.4, -0.2) is 35.4 Å². The van der Waals surface area contributed by atoms with Gasteiger partial charge in [0.15, 0.2) is 11.5 Å². The summed E-state index contributed by atoms with van der Waals surface area (Å²) >= 11 is 0. The van der Waals surface area contributed by atoms with E-state index in [-0.39, 0.29) is 39.7 Å². The fourth-order valence-electron chi connectivity index (χ4n) is 2.92. The lowest BCUT2D eigenvalue weighted by molar-refractivity contribution is -0.131. The Bertz CT molecular complexity index is 869. The molecule has 0 amide bonds. The van der Waals surface area contributed by atoms with Gasteiger partial charge in [0, 0.05) is 24.8 Å². The van der Waals surface area contributed by atoms with Crippen molar-refractivity contribution in [3.63, 3.8) is 0 Å². The highest BCUT2D eigenvalue weighted by Gasteiger charge is 2.31. The van der Waals surface area contributed by atoms with E-state index in [1.54, 1.807) is 13.0 Å². The number of rotatable bonds is 2. The van der Waals surface area contributed by atoms with Gasteiger partial charge in [0.25, 0.3) is 0 Å². The van der Waals surface area contributed by atoms with Crippen LogP contribution in [0.3, 0.4) is 0 Å². The molecule has 0 radical (unpaired) electrons. The van der Waals surface area contributed by atoms with Crippen molar-refractivity contribution in [1.29, 1.82) is 0 Å². The standard InChI is InChI=1S/C17H16O7/c1-7-4-9-5-10-14(16(20)13(9)17(21)23-7)11(24-8(2)18)6-12(22-3)15(10)19/h5-7,19-20H,4H2,1-3H3/t7-/m1/s1. The minimum absolute atomic E-state index is 0.0126. The second-order valence-corrected chi connectivity index (χ2v) is 5.62. The third-order valence-corrected chi connectivity index (χ3v) is 3.87. The van der Waals surface area contributed by atoms with Gasteiger partial charge in [-0.1, -0.05) is 0 Å². The third kappa shape index (κ3) is 2.38. The fourth-order valence-corrected chi connectivity index (χ4v) is 2.92. The Morgan fingerprint density at radius 2 is 1.96 bits per heavy atom. The SMILES string of the molecule is COc1cc(OC(C)=O)c2c(O)c3c(cc2c1O)C[C@@H](C)OC3=O. The number of carbonyl (C=O) groups is 2. The average Bonchev–Trinajstić information content (AvgIpc) is 2.48. The Balaban J connectivity index is 2.40. The largest absolute Gasteiger partial charge is 0.506 e. The summed E-state index contributed by atoms with van der Waals surface area (Å²) in [7, 11) is 1.36. The van der Waals surface area contributed by atoms with Crippen molar-refractivity contribution in [2.24, 2.45) is 0 Å². The average molecular weight is 332 g/mol. The van der Waals surface area contributed by atoms with Crippen LogP contribution in [0.5, 0.6) is 23.0 Å². The van der Waals surface area contributed by atoms with Gasteiger partial charge >= 0.3 is 11.9 Å². The molecule has 1 atom stereocenters. The molecular weight excluding hydrogens is 316 g/mol. The number of ether oxygens (including phenoxy) is 3. The van der Waals surface area contributed by atoms with Gasteiger partial charge in [0.05, 0.1) is 12.5 Å². The minimum Gasteiger partial charge on any atom is -0.506 e. The van der Waals surface area contributed by atoms with Gasteiger partial charge in [-0.15, -0.1) is 0 Å². The highest BCUT2D eigenvalue weighted by molar-refractivity contribution is 6.08. The van der Waals surface area contributed by atoms with Crippen LogP contribution in [0.2, 0.25) is 0 Å². The number of aromatic hydroxyl groups is 2. The normalized spacial score (nSPS) is 16.5. The molecule has 7 nitrogen and oxygen atoms in total. The van der Waals surface area contributed by atoms with Gasteiger partial charge in [-0.3, -0.25) is 4.79 Å². The lowest BCUT2D eigenvalue weighted by atomic mass is 9.93. The number of phenols is 2. The maximum atomic E-state index is 12.1. The predicted molar refractivity (Wildman–Crippen MR) is 83.7 cm³/mol. The number of benzene rings is 2. The van der Waals surface area contributed by atoms with Crippen LogP contribution >= 0.6 is 0 Å². The molecule has 0 fully saturated rings. The first-order valence-corrected chi connectivity index (χ1v) is 7.31. The van der Waals surface area contributed by atoms with E-state index in [0.717, 1.165) is 0 Å². The van der Waals surface area contributed by atoms with Crippen LogP contribution < -0.4 is 9.47 Å². The number of fused-ring (bicyclic) bond motifs is 2. The van der Waals surface area contributed by atoms with Gasteiger partial charge in [0.1, 0.15) is 23.2 Å². The van der Waals surface area contributed by atoms with Gasteiger partial charge < -0.3 is 24.4 Å². The number of carbonyl (C=O) groups excluding carboxylic acids is 2. The van der Waals surface area contributed by atoms with Crippen LogP contribution in [0.25, 0.3) is 10.8 Å². The Hall–Kier alpha value is -2.96. The van der Waals surface area contributed by atoms with Crippen molar-refractivity contribution in [1.82, 2.24) is 0 Å².